The zero-order valence-electron chi connectivity index (χ0n) is 13.8. The van der Waals surface area contributed by atoms with Crippen LogP contribution in [-0.4, -0.2) is 10.9 Å². The molecule has 1 aromatic heterocycles. The molecule has 126 valence electrons. The first-order valence-electron chi connectivity index (χ1n) is 7.94. The molecular weight excluding hydrogens is 334 g/mol. The quantitative estimate of drug-likeness (QED) is 0.686. The summed E-state index contributed by atoms with van der Waals surface area (Å²) < 4.78 is 0. The minimum absolute atomic E-state index is 0.264. The molecule has 0 atom stereocenters. The zero-order valence-corrected chi connectivity index (χ0v) is 14.5. The van der Waals surface area contributed by atoms with Gasteiger partial charge in [-0.1, -0.05) is 48.0 Å². The van der Waals surface area contributed by atoms with Crippen LogP contribution in [0, 0.1) is 6.92 Å². The largest absolute Gasteiger partial charge is 0.380 e. The number of anilines is 2. The summed E-state index contributed by atoms with van der Waals surface area (Å²) in [6, 6.07) is 19.0. The van der Waals surface area contributed by atoms with Gasteiger partial charge in [0.25, 0.3) is 5.91 Å². The summed E-state index contributed by atoms with van der Waals surface area (Å²) >= 11 is 6.07. The molecule has 0 saturated carbocycles. The van der Waals surface area contributed by atoms with Crippen molar-refractivity contribution >= 4 is 28.9 Å². The highest BCUT2D eigenvalue weighted by molar-refractivity contribution is 6.31. The van der Waals surface area contributed by atoms with E-state index in [2.05, 4.69) is 27.8 Å². The first kappa shape index (κ1) is 17.0. The van der Waals surface area contributed by atoms with E-state index in [4.69, 9.17) is 11.6 Å². The van der Waals surface area contributed by atoms with Crippen LogP contribution in [0.25, 0.3) is 0 Å². The van der Waals surface area contributed by atoms with Crippen molar-refractivity contribution in [2.24, 2.45) is 0 Å². The number of hydrogen-bond acceptors (Lipinski definition) is 3. The molecule has 25 heavy (non-hydrogen) atoms. The van der Waals surface area contributed by atoms with Gasteiger partial charge >= 0.3 is 0 Å². The van der Waals surface area contributed by atoms with Crippen LogP contribution in [0.4, 0.5) is 11.4 Å². The highest BCUT2D eigenvalue weighted by Gasteiger charge is 2.10. The fraction of sp³-hybridized carbons (Fsp3) is 0.100. The Morgan fingerprint density at radius 3 is 2.56 bits per heavy atom. The highest BCUT2D eigenvalue weighted by Crippen LogP contribution is 2.23. The van der Waals surface area contributed by atoms with E-state index in [1.807, 2.05) is 37.3 Å². The van der Waals surface area contributed by atoms with Crippen LogP contribution < -0.4 is 10.6 Å². The van der Waals surface area contributed by atoms with Crippen molar-refractivity contribution in [2.75, 3.05) is 10.6 Å². The third-order valence-corrected chi connectivity index (χ3v) is 4.26. The van der Waals surface area contributed by atoms with Crippen LogP contribution in [0.3, 0.4) is 0 Å². The van der Waals surface area contributed by atoms with Gasteiger partial charge in [-0.3, -0.25) is 4.79 Å². The summed E-state index contributed by atoms with van der Waals surface area (Å²) in [7, 11) is 0. The summed E-state index contributed by atoms with van der Waals surface area (Å²) in [6.45, 7) is 2.57. The highest BCUT2D eigenvalue weighted by atomic mass is 35.5. The Bertz CT molecular complexity index is 864. The molecule has 0 unspecified atom stereocenters. The van der Waals surface area contributed by atoms with Crippen molar-refractivity contribution in [1.82, 2.24) is 4.98 Å². The number of rotatable bonds is 5. The lowest BCUT2D eigenvalue weighted by molar-refractivity contribution is 0.102. The average molecular weight is 352 g/mol. The van der Waals surface area contributed by atoms with Crippen LogP contribution >= 0.6 is 11.6 Å². The van der Waals surface area contributed by atoms with Crippen LogP contribution in [0.1, 0.15) is 21.6 Å². The summed E-state index contributed by atoms with van der Waals surface area (Å²) in [5.74, 6) is -0.264. The van der Waals surface area contributed by atoms with Gasteiger partial charge < -0.3 is 10.6 Å². The van der Waals surface area contributed by atoms with Gasteiger partial charge in [0, 0.05) is 17.3 Å². The Labute approximate surface area is 151 Å². The standard InChI is InChI=1S/C20H18ClN3O/c1-14-17(21)8-5-9-18(14)24-20(25)19-11-10-16(13-23-19)22-12-15-6-3-2-4-7-15/h2-11,13,22H,12H2,1H3,(H,24,25). The van der Waals surface area contributed by atoms with Gasteiger partial charge in [-0.15, -0.1) is 0 Å². The van der Waals surface area contributed by atoms with E-state index in [9.17, 15) is 4.79 Å². The molecule has 2 N–H and O–H groups in total. The van der Waals surface area contributed by atoms with E-state index < -0.39 is 0 Å². The number of benzene rings is 2. The second kappa shape index (κ2) is 7.81. The second-order valence-electron chi connectivity index (χ2n) is 5.64. The molecular formula is C20H18ClN3O. The minimum atomic E-state index is -0.264. The molecule has 5 heteroatoms. The molecule has 2 aromatic carbocycles. The number of hydrogen-bond donors (Lipinski definition) is 2. The first-order valence-corrected chi connectivity index (χ1v) is 8.31. The number of carbonyl (C=O) groups excluding carboxylic acids is 1. The molecule has 0 spiro atoms. The van der Waals surface area contributed by atoms with Crippen LogP contribution in [0.2, 0.25) is 5.02 Å². The lowest BCUT2D eigenvalue weighted by Gasteiger charge is -2.10. The Morgan fingerprint density at radius 2 is 1.84 bits per heavy atom. The van der Waals surface area contributed by atoms with Crippen LogP contribution in [0.15, 0.2) is 66.9 Å². The third-order valence-electron chi connectivity index (χ3n) is 3.85. The number of aromatic nitrogens is 1. The van der Waals surface area contributed by atoms with Gasteiger partial charge in [0.1, 0.15) is 5.69 Å². The topological polar surface area (TPSA) is 54.0 Å². The molecule has 1 amide bonds. The first-order chi connectivity index (χ1) is 12.1. The van der Waals surface area contributed by atoms with Crippen molar-refractivity contribution in [3.63, 3.8) is 0 Å². The average Bonchev–Trinajstić information content (AvgIpc) is 2.65. The number of amides is 1. The SMILES string of the molecule is Cc1c(Cl)cccc1NC(=O)c1ccc(NCc2ccccc2)cn1. The van der Waals surface area contributed by atoms with E-state index in [-0.39, 0.29) is 5.91 Å². The molecule has 0 radical (unpaired) electrons. The number of pyridine rings is 1. The molecule has 0 fully saturated rings. The monoisotopic (exact) mass is 351 g/mol. The van der Waals surface area contributed by atoms with Gasteiger partial charge in [-0.05, 0) is 42.3 Å². The summed E-state index contributed by atoms with van der Waals surface area (Å²) in [5.41, 5.74) is 3.91. The van der Waals surface area contributed by atoms with Gasteiger partial charge in [0.05, 0.1) is 11.9 Å². The number of carbonyl (C=O) groups is 1. The van der Waals surface area contributed by atoms with E-state index >= 15 is 0 Å². The Balaban J connectivity index is 1.63. The molecule has 0 aliphatic carbocycles. The van der Waals surface area contributed by atoms with Crippen molar-refractivity contribution < 1.29 is 4.79 Å². The summed E-state index contributed by atoms with van der Waals surface area (Å²) in [4.78, 5) is 16.6. The summed E-state index contributed by atoms with van der Waals surface area (Å²) in [6.07, 6.45) is 1.66. The molecule has 4 nitrogen and oxygen atoms in total. The van der Waals surface area contributed by atoms with E-state index in [0.29, 0.717) is 22.9 Å². The maximum absolute atomic E-state index is 12.3. The maximum atomic E-state index is 12.3. The van der Waals surface area contributed by atoms with E-state index in [0.717, 1.165) is 11.3 Å². The predicted molar refractivity (Wildman–Crippen MR) is 102 cm³/mol. The fourth-order valence-electron chi connectivity index (χ4n) is 2.36. The lowest BCUT2D eigenvalue weighted by Crippen LogP contribution is -2.14. The van der Waals surface area contributed by atoms with Crippen LogP contribution in [0.5, 0.6) is 0 Å². The van der Waals surface area contributed by atoms with Gasteiger partial charge in [0.2, 0.25) is 0 Å². The number of halogens is 1. The Kier molecular flexibility index (Phi) is 5.31. The third kappa shape index (κ3) is 4.37. The molecule has 0 saturated heterocycles. The van der Waals surface area contributed by atoms with E-state index in [1.54, 1.807) is 24.4 Å². The predicted octanol–water partition coefficient (Wildman–Crippen LogP) is 4.91. The second-order valence-corrected chi connectivity index (χ2v) is 6.04. The molecule has 0 aliphatic heterocycles. The Morgan fingerprint density at radius 1 is 1.04 bits per heavy atom. The molecule has 0 aliphatic rings. The normalized spacial score (nSPS) is 10.3. The summed E-state index contributed by atoms with van der Waals surface area (Å²) in [5, 5.41) is 6.74. The van der Waals surface area contributed by atoms with Crippen molar-refractivity contribution in [1.29, 1.82) is 0 Å². The van der Waals surface area contributed by atoms with Gasteiger partial charge in [-0.25, -0.2) is 4.98 Å². The lowest BCUT2D eigenvalue weighted by atomic mass is 10.2. The van der Waals surface area contributed by atoms with Crippen molar-refractivity contribution in [3.8, 4) is 0 Å². The molecule has 1 heterocycles. The van der Waals surface area contributed by atoms with Crippen LogP contribution in [-0.2, 0) is 6.54 Å². The smallest absolute Gasteiger partial charge is 0.274 e. The Hall–Kier alpha value is -2.85. The van der Waals surface area contributed by atoms with Gasteiger partial charge in [0.15, 0.2) is 0 Å². The molecule has 3 aromatic rings. The maximum Gasteiger partial charge on any atom is 0.274 e. The van der Waals surface area contributed by atoms with E-state index in [1.165, 1.54) is 5.56 Å². The molecule has 0 bridgehead atoms. The molecule has 3 rings (SSSR count). The zero-order chi connectivity index (χ0) is 17.6. The number of nitrogens with one attached hydrogen (secondary N) is 2. The minimum Gasteiger partial charge on any atom is -0.380 e. The fourth-order valence-corrected chi connectivity index (χ4v) is 2.54. The van der Waals surface area contributed by atoms with Crippen molar-refractivity contribution in [3.05, 3.63) is 88.7 Å². The van der Waals surface area contributed by atoms with Gasteiger partial charge in [-0.2, -0.15) is 0 Å². The van der Waals surface area contributed by atoms with Crippen molar-refractivity contribution in [2.45, 2.75) is 13.5 Å². The number of nitrogens with zero attached hydrogens (tertiary/aromatic N) is 1.